The summed E-state index contributed by atoms with van der Waals surface area (Å²) >= 11 is 0. The van der Waals surface area contributed by atoms with E-state index in [1.165, 1.54) is 32.1 Å². The lowest BCUT2D eigenvalue weighted by molar-refractivity contribution is -0.276. The van der Waals surface area contributed by atoms with Gasteiger partial charge in [0, 0.05) is 0 Å². The van der Waals surface area contributed by atoms with Gasteiger partial charge in [-0.05, 0) is 111 Å². The summed E-state index contributed by atoms with van der Waals surface area (Å²) in [6.45, 7) is 2.20. The third-order valence-electron chi connectivity index (χ3n) is 8.15. The van der Waals surface area contributed by atoms with E-state index in [-0.39, 0.29) is 5.92 Å². The van der Waals surface area contributed by atoms with Crippen LogP contribution in [0.25, 0.3) is 0 Å². The average molecular weight is 457 g/mol. The standard InChI is InChI=1S/C26H33F5O/c1-2-3-4-5-16-6-10-21-18(12-16)7-8-19-13-17(9-11-22(19)21)20-14-23(27)25(24(28)15-20)32-26(29,30)31/h4-5,14-19,21-22H,2-3,6-13H2,1H3/b5-4+. The first-order chi connectivity index (χ1) is 15.2. The zero-order chi connectivity index (χ0) is 22.9. The largest absolute Gasteiger partial charge is 0.573 e. The molecule has 3 fully saturated rings. The van der Waals surface area contributed by atoms with Crippen LogP contribution < -0.4 is 4.74 Å². The Hall–Kier alpha value is -1.59. The predicted octanol–water partition coefficient (Wildman–Crippen LogP) is 8.55. The molecule has 0 aliphatic heterocycles. The Labute approximate surface area is 187 Å². The van der Waals surface area contributed by atoms with Crippen molar-refractivity contribution in [2.45, 2.75) is 83.4 Å². The molecule has 0 bridgehead atoms. The summed E-state index contributed by atoms with van der Waals surface area (Å²) < 4.78 is 69.3. The molecule has 0 spiro atoms. The molecule has 6 unspecified atom stereocenters. The molecule has 0 amide bonds. The van der Waals surface area contributed by atoms with Crippen molar-refractivity contribution < 1.29 is 26.7 Å². The summed E-state index contributed by atoms with van der Waals surface area (Å²) in [4.78, 5) is 0. The highest BCUT2D eigenvalue weighted by Gasteiger charge is 2.44. The number of alkyl halides is 3. The van der Waals surface area contributed by atoms with Crippen LogP contribution in [0.2, 0.25) is 0 Å². The minimum Gasteiger partial charge on any atom is -0.399 e. The zero-order valence-corrected chi connectivity index (χ0v) is 18.6. The van der Waals surface area contributed by atoms with Crippen molar-refractivity contribution in [3.05, 3.63) is 41.5 Å². The highest BCUT2D eigenvalue weighted by atomic mass is 19.4. The highest BCUT2D eigenvalue weighted by Crippen LogP contribution is 2.55. The molecule has 6 atom stereocenters. The lowest BCUT2D eigenvalue weighted by Crippen LogP contribution is -2.41. The molecule has 1 nitrogen and oxygen atoms in total. The molecule has 0 aromatic heterocycles. The third-order valence-corrected chi connectivity index (χ3v) is 8.15. The number of benzene rings is 1. The number of hydrogen-bond donors (Lipinski definition) is 0. The Morgan fingerprint density at radius 3 is 2.16 bits per heavy atom. The van der Waals surface area contributed by atoms with Gasteiger partial charge in [0.2, 0.25) is 5.75 Å². The quantitative estimate of drug-likeness (QED) is 0.319. The van der Waals surface area contributed by atoms with Crippen molar-refractivity contribution in [3.63, 3.8) is 0 Å². The van der Waals surface area contributed by atoms with Gasteiger partial charge in [-0.2, -0.15) is 0 Å². The first-order valence-corrected chi connectivity index (χ1v) is 12.2. The van der Waals surface area contributed by atoms with E-state index in [1.54, 1.807) is 0 Å². The van der Waals surface area contributed by atoms with Gasteiger partial charge in [0.25, 0.3) is 0 Å². The van der Waals surface area contributed by atoms with Crippen LogP contribution in [-0.4, -0.2) is 6.36 Å². The van der Waals surface area contributed by atoms with Gasteiger partial charge in [0.1, 0.15) is 0 Å². The van der Waals surface area contributed by atoms with E-state index in [0.717, 1.165) is 56.1 Å². The molecule has 6 heteroatoms. The maximum absolute atomic E-state index is 14.2. The molecule has 0 saturated heterocycles. The smallest absolute Gasteiger partial charge is 0.399 e. The number of halogens is 5. The predicted molar refractivity (Wildman–Crippen MR) is 114 cm³/mol. The molecule has 0 N–H and O–H groups in total. The van der Waals surface area contributed by atoms with Crippen LogP contribution in [0, 0.1) is 41.2 Å². The Morgan fingerprint density at radius 2 is 1.53 bits per heavy atom. The Bertz CT molecular complexity index is 794. The minimum absolute atomic E-state index is 0.00921. The molecule has 4 rings (SSSR count). The molecule has 32 heavy (non-hydrogen) atoms. The first kappa shape index (κ1) is 23.6. The summed E-state index contributed by atoms with van der Waals surface area (Å²) in [6, 6.07) is 2.07. The molecule has 3 aliphatic carbocycles. The summed E-state index contributed by atoms with van der Waals surface area (Å²) in [5.41, 5.74) is 0.458. The van der Waals surface area contributed by atoms with Crippen LogP contribution >= 0.6 is 0 Å². The topological polar surface area (TPSA) is 9.23 Å². The van der Waals surface area contributed by atoms with Crippen LogP contribution in [0.5, 0.6) is 5.75 Å². The molecule has 0 radical (unpaired) electrons. The van der Waals surface area contributed by atoms with Gasteiger partial charge in [0.15, 0.2) is 11.6 Å². The maximum Gasteiger partial charge on any atom is 0.573 e. The molecule has 3 aliphatic rings. The summed E-state index contributed by atoms with van der Waals surface area (Å²) in [6.07, 6.45) is 10.9. The van der Waals surface area contributed by atoms with Gasteiger partial charge in [-0.1, -0.05) is 25.5 Å². The first-order valence-electron chi connectivity index (χ1n) is 12.2. The molecule has 0 heterocycles. The number of rotatable bonds is 5. The normalized spacial score (nSPS) is 33.1. The van der Waals surface area contributed by atoms with Crippen LogP contribution in [0.1, 0.15) is 82.6 Å². The maximum atomic E-state index is 14.2. The molecule has 1 aromatic rings. The van der Waals surface area contributed by atoms with Gasteiger partial charge in [-0.15, -0.1) is 13.2 Å². The van der Waals surface area contributed by atoms with E-state index in [0.29, 0.717) is 23.3 Å². The van der Waals surface area contributed by atoms with Crippen LogP contribution in [0.4, 0.5) is 22.0 Å². The van der Waals surface area contributed by atoms with Crippen LogP contribution in [-0.2, 0) is 0 Å². The van der Waals surface area contributed by atoms with Crippen molar-refractivity contribution in [3.8, 4) is 5.75 Å². The van der Waals surface area contributed by atoms with E-state index in [2.05, 4.69) is 23.8 Å². The highest BCUT2D eigenvalue weighted by molar-refractivity contribution is 5.33. The van der Waals surface area contributed by atoms with E-state index in [4.69, 9.17) is 0 Å². The lowest BCUT2D eigenvalue weighted by atomic mass is 9.55. The zero-order valence-electron chi connectivity index (χ0n) is 18.6. The molecule has 3 saturated carbocycles. The van der Waals surface area contributed by atoms with Crippen molar-refractivity contribution in [2.75, 3.05) is 0 Å². The Morgan fingerprint density at radius 1 is 0.906 bits per heavy atom. The van der Waals surface area contributed by atoms with Crippen molar-refractivity contribution >= 4 is 0 Å². The second-order valence-electron chi connectivity index (χ2n) is 10.1. The molecule has 1 aromatic carbocycles. The van der Waals surface area contributed by atoms with Crippen molar-refractivity contribution in [1.82, 2.24) is 0 Å². The van der Waals surface area contributed by atoms with Crippen molar-refractivity contribution in [1.29, 1.82) is 0 Å². The fourth-order valence-electron chi connectivity index (χ4n) is 6.79. The SMILES string of the molecule is CCC/C=C/C1CCC2C(CCC3CC(c4cc(F)c(OC(F)(F)F)c(F)c4)CCC32)C1. The second-order valence-corrected chi connectivity index (χ2v) is 10.1. The minimum atomic E-state index is -5.12. The van der Waals surface area contributed by atoms with Gasteiger partial charge in [0.05, 0.1) is 0 Å². The number of ether oxygens (including phenoxy) is 1. The van der Waals surface area contributed by atoms with Gasteiger partial charge in [-0.3, -0.25) is 0 Å². The summed E-state index contributed by atoms with van der Waals surface area (Å²) in [5, 5.41) is 0. The van der Waals surface area contributed by atoms with Crippen LogP contribution in [0.15, 0.2) is 24.3 Å². The average Bonchev–Trinajstić information content (AvgIpc) is 2.75. The number of hydrogen-bond acceptors (Lipinski definition) is 1. The summed E-state index contributed by atoms with van der Waals surface area (Å²) in [7, 11) is 0. The fourth-order valence-corrected chi connectivity index (χ4v) is 6.79. The molecular formula is C26H33F5O. The Kier molecular flexibility index (Phi) is 7.16. The van der Waals surface area contributed by atoms with Gasteiger partial charge < -0.3 is 4.74 Å². The van der Waals surface area contributed by atoms with Gasteiger partial charge in [-0.25, -0.2) is 8.78 Å². The van der Waals surface area contributed by atoms with E-state index in [1.807, 2.05) is 0 Å². The monoisotopic (exact) mass is 456 g/mol. The van der Waals surface area contributed by atoms with E-state index >= 15 is 0 Å². The fraction of sp³-hybridized carbons (Fsp3) is 0.692. The molecular weight excluding hydrogens is 423 g/mol. The second kappa shape index (κ2) is 9.72. The van der Waals surface area contributed by atoms with Crippen LogP contribution in [0.3, 0.4) is 0 Å². The number of unbranched alkanes of at least 4 members (excludes halogenated alkanes) is 1. The van der Waals surface area contributed by atoms with E-state index in [9.17, 15) is 22.0 Å². The third kappa shape index (κ3) is 5.31. The van der Waals surface area contributed by atoms with E-state index < -0.39 is 23.7 Å². The lowest BCUT2D eigenvalue weighted by Gasteiger charge is -2.50. The summed E-state index contributed by atoms with van der Waals surface area (Å²) in [5.74, 6) is -0.472. The Balaban J connectivity index is 1.40. The number of fused-ring (bicyclic) bond motifs is 3. The number of allylic oxidation sites excluding steroid dienone is 2. The molecule has 178 valence electrons. The van der Waals surface area contributed by atoms with Gasteiger partial charge >= 0.3 is 6.36 Å². The van der Waals surface area contributed by atoms with Crippen molar-refractivity contribution in [2.24, 2.45) is 29.6 Å².